The molecule has 1 unspecified atom stereocenters. The van der Waals surface area contributed by atoms with E-state index < -0.39 is 0 Å². The number of allylic oxidation sites excluding steroid dienone is 3. The van der Waals surface area contributed by atoms with Gasteiger partial charge in [0.05, 0.1) is 0 Å². The molecule has 3 heteroatoms. The summed E-state index contributed by atoms with van der Waals surface area (Å²) < 4.78 is 0. The summed E-state index contributed by atoms with van der Waals surface area (Å²) in [6.07, 6.45) is 10.4. The zero-order valence-electron chi connectivity index (χ0n) is 8.58. The zero-order valence-corrected chi connectivity index (χ0v) is 11.2. The van der Waals surface area contributed by atoms with Crippen LogP contribution in [0.15, 0.2) is 69.3 Å². The van der Waals surface area contributed by atoms with Crippen LogP contribution in [0.3, 0.4) is 0 Å². The van der Waals surface area contributed by atoms with Crippen LogP contribution in [0.1, 0.15) is 0 Å². The first kappa shape index (κ1) is 12.0. The predicted molar refractivity (Wildman–Crippen MR) is 78.7 cm³/mol. The Bertz CT molecular complexity index is 441. The number of rotatable bonds is 2. The topological polar surface area (TPSA) is 0 Å². The van der Waals surface area contributed by atoms with E-state index in [1.807, 2.05) is 42.1 Å². The second-order valence-electron chi connectivity index (χ2n) is 3.41. The van der Waals surface area contributed by atoms with Gasteiger partial charge in [0.15, 0.2) is 0 Å². The molecular formula is C13H12S3. The summed E-state index contributed by atoms with van der Waals surface area (Å²) in [5.41, 5.74) is 0. The van der Waals surface area contributed by atoms with Gasteiger partial charge in [-0.25, -0.2) is 0 Å². The Hall–Kier alpha value is -0.510. The first-order valence-electron chi connectivity index (χ1n) is 4.95. The number of hydrogen-bond acceptors (Lipinski definition) is 3. The highest BCUT2D eigenvalue weighted by Crippen LogP contribution is 2.27. The zero-order chi connectivity index (χ0) is 11.4. The lowest BCUT2D eigenvalue weighted by molar-refractivity contribution is 1.33. The van der Waals surface area contributed by atoms with Crippen molar-refractivity contribution < 1.29 is 0 Å². The third-order valence-electron chi connectivity index (χ3n) is 2.13. The van der Waals surface area contributed by atoms with Gasteiger partial charge >= 0.3 is 0 Å². The molecule has 0 amide bonds. The number of thioether (sulfide) groups is 1. The van der Waals surface area contributed by atoms with Gasteiger partial charge in [-0.2, -0.15) is 0 Å². The average Bonchev–Trinajstić information content (AvgIpc) is 2.47. The Labute approximate surface area is 111 Å². The molecule has 16 heavy (non-hydrogen) atoms. The molecule has 1 aliphatic carbocycles. The predicted octanol–water partition coefficient (Wildman–Crippen LogP) is 4.38. The van der Waals surface area contributed by atoms with Crippen molar-refractivity contribution in [2.75, 3.05) is 0 Å². The van der Waals surface area contributed by atoms with Crippen molar-refractivity contribution >= 4 is 37.0 Å². The lowest BCUT2D eigenvalue weighted by Gasteiger charge is -2.06. The van der Waals surface area contributed by atoms with Gasteiger partial charge < -0.3 is 0 Å². The fraction of sp³-hybridized carbons (Fsp3) is 0.0769. The molecule has 1 aromatic rings. The van der Waals surface area contributed by atoms with Crippen LogP contribution < -0.4 is 0 Å². The lowest BCUT2D eigenvalue weighted by atomic mass is 10.3. The summed E-state index contributed by atoms with van der Waals surface area (Å²) in [5.74, 6) is 0. The Morgan fingerprint density at radius 1 is 1.00 bits per heavy atom. The minimum atomic E-state index is 0.367. The van der Waals surface area contributed by atoms with Crippen LogP contribution in [-0.4, -0.2) is 5.25 Å². The van der Waals surface area contributed by atoms with Gasteiger partial charge in [-0.15, -0.1) is 37.0 Å². The maximum atomic E-state index is 4.31. The quantitative estimate of drug-likeness (QED) is 0.748. The van der Waals surface area contributed by atoms with Crippen LogP contribution in [0.25, 0.3) is 0 Å². The molecule has 0 spiro atoms. The van der Waals surface area contributed by atoms with Crippen LogP contribution in [-0.2, 0) is 0 Å². The van der Waals surface area contributed by atoms with Gasteiger partial charge in [0.25, 0.3) is 0 Å². The first-order valence-corrected chi connectivity index (χ1v) is 6.73. The third kappa shape index (κ3) is 3.51. The summed E-state index contributed by atoms with van der Waals surface area (Å²) >= 11 is 10.4. The molecule has 0 heterocycles. The minimum absolute atomic E-state index is 0.367. The second-order valence-corrected chi connectivity index (χ2v) is 5.70. The van der Waals surface area contributed by atoms with E-state index in [2.05, 4.69) is 49.5 Å². The SMILES string of the molecule is SC1=CC=CC(Sc2ccc(S)cc2)C=C1. The lowest BCUT2D eigenvalue weighted by Crippen LogP contribution is -1.91. The normalized spacial score (nSPS) is 19.4. The molecule has 0 aliphatic heterocycles. The summed E-state index contributed by atoms with van der Waals surface area (Å²) in [7, 11) is 0. The first-order chi connectivity index (χ1) is 7.74. The third-order valence-corrected chi connectivity index (χ3v) is 3.86. The van der Waals surface area contributed by atoms with E-state index in [1.165, 1.54) is 4.90 Å². The van der Waals surface area contributed by atoms with Gasteiger partial charge in [-0.05, 0) is 30.3 Å². The van der Waals surface area contributed by atoms with E-state index in [4.69, 9.17) is 0 Å². The highest BCUT2D eigenvalue weighted by atomic mass is 32.2. The van der Waals surface area contributed by atoms with Crippen molar-refractivity contribution in [1.82, 2.24) is 0 Å². The maximum Gasteiger partial charge on any atom is 0.0461 e. The minimum Gasteiger partial charge on any atom is -0.143 e. The molecule has 1 aromatic carbocycles. The number of thiol groups is 2. The van der Waals surface area contributed by atoms with Gasteiger partial charge in [-0.1, -0.05) is 24.3 Å². The molecule has 0 aromatic heterocycles. The molecule has 2 rings (SSSR count). The standard InChI is InChI=1S/C13H12S3/c14-10-2-1-3-12(7-4-10)16-13-8-5-11(15)6-9-13/h1-9,12,14-15H. The van der Waals surface area contributed by atoms with E-state index in [0.29, 0.717) is 5.25 Å². The number of hydrogen-bond donors (Lipinski definition) is 2. The largest absolute Gasteiger partial charge is 0.143 e. The van der Waals surface area contributed by atoms with Crippen LogP contribution in [0.5, 0.6) is 0 Å². The van der Waals surface area contributed by atoms with Crippen LogP contribution in [0.2, 0.25) is 0 Å². The Morgan fingerprint density at radius 3 is 2.50 bits per heavy atom. The molecule has 0 saturated heterocycles. The van der Waals surface area contributed by atoms with E-state index in [9.17, 15) is 0 Å². The molecule has 0 bridgehead atoms. The monoisotopic (exact) mass is 264 g/mol. The molecule has 82 valence electrons. The van der Waals surface area contributed by atoms with E-state index in [0.717, 1.165) is 9.80 Å². The van der Waals surface area contributed by atoms with Gasteiger partial charge in [-0.3, -0.25) is 0 Å². The summed E-state index contributed by atoms with van der Waals surface area (Å²) in [5, 5.41) is 0.367. The van der Waals surface area contributed by atoms with Gasteiger partial charge in [0.2, 0.25) is 0 Å². The van der Waals surface area contributed by atoms with Gasteiger partial charge in [0.1, 0.15) is 0 Å². The molecule has 1 aliphatic rings. The van der Waals surface area contributed by atoms with E-state index in [-0.39, 0.29) is 0 Å². The van der Waals surface area contributed by atoms with Crippen LogP contribution in [0, 0.1) is 0 Å². The molecule has 0 radical (unpaired) electrons. The van der Waals surface area contributed by atoms with Gasteiger partial charge in [0, 0.05) is 19.9 Å². The summed E-state index contributed by atoms with van der Waals surface area (Å²) in [6, 6.07) is 8.21. The number of benzene rings is 1. The van der Waals surface area contributed by atoms with E-state index >= 15 is 0 Å². The van der Waals surface area contributed by atoms with Crippen molar-refractivity contribution in [3.8, 4) is 0 Å². The van der Waals surface area contributed by atoms with E-state index in [1.54, 1.807) is 0 Å². The maximum absolute atomic E-state index is 4.31. The second kappa shape index (κ2) is 5.71. The van der Waals surface area contributed by atoms with Crippen molar-refractivity contribution in [1.29, 1.82) is 0 Å². The Morgan fingerprint density at radius 2 is 1.75 bits per heavy atom. The fourth-order valence-electron chi connectivity index (χ4n) is 1.34. The Balaban J connectivity index is 2.06. The van der Waals surface area contributed by atoms with Crippen molar-refractivity contribution in [3.05, 3.63) is 59.6 Å². The molecule has 1 atom stereocenters. The van der Waals surface area contributed by atoms with Crippen molar-refractivity contribution in [2.24, 2.45) is 0 Å². The van der Waals surface area contributed by atoms with Crippen LogP contribution in [0.4, 0.5) is 0 Å². The molecule has 0 saturated carbocycles. The molecule has 0 nitrogen and oxygen atoms in total. The summed E-state index contributed by atoms with van der Waals surface area (Å²) in [6.45, 7) is 0. The van der Waals surface area contributed by atoms with Crippen LogP contribution >= 0.6 is 37.0 Å². The molecule has 0 N–H and O–H groups in total. The highest BCUT2D eigenvalue weighted by molar-refractivity contribution is 8.00. The fourth-order valence-corrected chi connectivity index (χ4v) is 2.59. The smallest absolute Gasteiger partial charge is 0.0461 e. The van der Waals surface area contributed by atoms with Crippen molar-refractivity contribution in [2.45, 2.75) is 15.0 Å². The average molecular weight is 264 g/mol. The molecular weight excluding hydrogens is 252 g/mol. The highest BCUT2D eigenvalue weighted by Gasteiger charge is 2.04. The molecule has 0 fully saturated rings. The Kier molecular flexibility index (Phi) is 4.27. The summed E-state index contributed by atoms with van der Waals surface area (Å²) in [4.78, 5) is 3.24. The van der Waals surface area contributed by atoms with Crippen molar-refractivity contribution in [3.63, 3.8) is 0 Å².